The van der Waals surface area contributed by atoms with E-state index in [4.69, 9.17) is 27.9 Å². The molecule has 0 bridgehead atoms. The third-order valence-electron chi connectivity index (χ3n) is 3.89. The van der Waals surface area contributed by atoms with E-state index in [0.29, 0.717) is 10.7 Å². The molecule has 12 heteroatoms. The van der Waals surface area contributed by atoms with Gasteiger partial charge in [0, 0.05) is 16.4 Å². The molecule has 166 valence electrons. The van der Waals surface area contributed by atoms with Gasteiger partial charge < -0.3 is 10.1 Å². The smallest absolute Gasteiger partial charge is 0.340 e. The fourth-order valence-corrected chi connectivity index (χ4v) is 4.05. The normalized spacial score (nSPS) is 11.0. The molecule has 0 saturated carbocycles. The summed E-state index contributed by atoms with van der Waals surface area (Å²) in [6, 6.07) is 13.1. The molecule has 0 aliphatic heterocycles. The van der Waals surface area contributed by atoms with Crippen LogP contribution >= 0.6 is 39.1 Å². The van der Waals surface area contributed by atoms with E-state index in [9.17, 15) is 18.0 Å². The van der Waals surface area contributed by atoms with Gasteiger partial charge >= 0.3 is 5.97 Å². The van der Waals surface area contributed by atoms with E-state index < -0.39 is 28.5 Å². The van der Waals surface area contributed by atoms with E-state index >= 15 is 0 Å². The standard InChI is InChI=1S/C20H14BrCl2N3O5S/c21-12-1-4-14(5-2-12)26-32(29,30)15-6-7-17(23)16(9-15)20(28)31-11-19(27)25-18-8-3-13(22)10-24-18/h1-10,26H,11H2,(H,24,25,27). The Bertz CT molecular complexity index is 1250. The Morgan fingerprint density at radius 2 is 1.75 bits per heavy atom. The van der Waals surface area contributed by atoms with Crippen LogP contribution in [0.4, 0.5) is 11.5 Å². The van der Waals surface area contributed by atoms with Gasteiger partial charge in [-0.2, -0.15) is 0 Å². The Labute approximate surface area is 202 Å². The fourth-order valence-electron chi connectivity index (χ4n) is 2.40. The number of hydrogen-bond acceptors (Lipinski definition) is 6. The number of rotatable bonds is 7. The third-order valence-corrected chi connectivity index (χ3v) is 6.35. The largest absolute Gasteiger partial charge is 0.452 e. The summed E-state index contributed by atoms with van der Waals surface area (Å²) in [5, 5.41) is 2.80. The summed E-state index contributed by atoms with van der Waals surface area (Å²) in [6.07, 6.45) is 1.34. The first-order chi connectivity index (χ1) is 15.1. The van der Waals surface area contributed by atoms with Gasteiger partial charge in [-0.15, -0.1) is 0 Å². The molecular weight excluding hydrogens is 545 g/mol. The molecular formula is C20H14BrCl2N3O5S. The number of anilines is 2. The lowest BCUT2D eigenvalue weighted by molar-refractivity contribution is -0.119. The monoisotopic (exact) mass is 557 g/mol. The number of hydrogen-bond donors (Lipinski definition) is 2. The van der Waals surface area contributed by atoms with Crippen molar-refractivity contribution in [3.05, 3.63) is 80.9 Å². The van der Waals surface area contributed by atoms with E-state index in [1.165, 1.54) is 30.5 Å². The minimum absolute atomic E-state index is 0.0302. The Balaban J connectivity index is 1.68. The quantitative estimate of drug-likeness (QED) is 0.404. The summed E-state index contributed by atoms with van der Waals surface area (Å²) in [5.74, 6) is -1.39. The number of benzene rings is 2. The van der Waals surface area contributed by atoms with Gasteiger partial charge in [0.15, 0.2) is 6.61 Å². The lowest BCUT2D eigenvalue weighted by Crippen LogP contribution is -2.22. The zero-order valence-corrected chi connectivity index (χ0v) is 19.9. The second-order valence-corrected chi connectivity index (χ2v) is 9.68. The summed E-state index contributed by atoms with van der Waals surface area (Å²) in [5.41, 5.74) is 0.127. The minimum atomic E-state index is -4.00. The summed E-state index contributed by atoms with van der Waals surface area (Å²) in [7, 11) is -4.00. The van der Waals surface area contributed by atoms with Crippen LogP contribution in [-0.2, 0) is 19.6 Å². The van der Waals surface area contributed by atoms with E-state index in [-0.39, 0.29) is 21.3 Å². The van der Waals surface area contributed by atoms with Crippen molar-refractivity contribution < 1.29 is 22.7 Å². The molecule has 0 unspecified atom stereocenters. The van der Waals surface area contributed by atoms with Gasteiger partial charge in [-0.05, 0) is 54.6 Å². The van der Waals surface area contributed by atoms with Gasteiger partial charge in [0.2, 0.25) is 0 Å². The number of ether oxygens (including phenoxy) is 1. The topological polar surface area (TPSA) is 114 Å². The number of amides is 1. The van der Waals surface area contributed by atoms with Crippen LogP contribution in [0.3, 0.4) is 0 Å². The first-order valence-corrected chi connectivity index (χ1v) is 11.8. The maximum atomic E-state index is 12.7. The second kappa shape index (κ2) is 10.3. The summed E-state index contributed by atoms with van der Waals surface area (Å²) in [6.45, 7) is -0.631. The molecule has 0 fully saturated rings. The average Bonchev–Trinajstić information content (AvgIpc) is 2.75. The molecule has 2 N–H and O–H groups in total. The number of halogens is 3. The number of aromatic nitrogens is 1. The van der Waals surface area contributed by atoms with Crippen LogP contribution in [-0.4, -0.2) is 31.9 Å². The lowest BCUT2D eigenvalue weighted by Gasteiger charge is -2.11. The number of carbonyl (C=O) groups is 2. The molecule has 0 saturated heterocycles. The van der Waals surface area contributed by atoms with E-state index in [1.54, 1.807) is 24.3 Å². The van der Waals surface area contributed by atoms with Gasteiger partial charge in [-0.25, -0.2) is 18.2 Å². The molecule has 8 nitrogen and oxygen atoms in total. The van der Waals surface area contributed by atoms with Crippen molar-refractivity contribution in [1.29, 1.82) is 0 Å². The molecule has 0 aliphatic rings. The molecule has 0 spiro atoms. The van der Waals surface area contributed by atoms with Gasteiger partial charge in [0.05, 0.1) is 20.5 Å². The maximum absolute atomic E-state index is 12.7. The highest BCUT2D eigenvalue weighted by atomic mass is 79.9. The van der Waals surface area contributed by atoms with Crippen LogP contribution in [0.15, 0.2) is 70.2 Å². The van der Waals surface area contributed by atoms with Crippen LogP contribution in [0.25, 0.3) is 0 Å². The number of pyridine rings is 1. The van der Waals surface area contributed by atoms with Gasteiger partial charge in [-0.1, -0.05) is 39.1 Å². The highest BCUT2D eigenvalue weighted by Crippen LogP contribution is 2.24. The van der Waals surface area contributed by atoms with E-state index in [0.717, 1.165) is 10.5 Å². The van der Waals surface area contributed by atoms with Crippen molar-refractivity contribution in [3.8, 4) is 0 Å². The molecule has 0 aliphatic carbocycles. The van der Waals surface area contributed by atoms with Crippen molar-refractivity contribution in [2.24, 2.45) is 0 Å². The highest BCUT2D eigenvalue weighted by molar-refractivity contribution is 9.10. The minimum Gasteiger partial charge on any atom is -0.452 e. The first-order valence-electron chi connectivity index (χ1n) is 8.80. The average molecular weight is 559 g/mol. The maximum Gasteiger partial charge on any atom is 0.340 e. The van der Waals surface area contributed by atoms with Crippen LogP contribution in [0.5, 0.6) is 0 Å². The lowest BCUT2D eigenvalue weighted by atomic mass is 10.2. The van der Waals surface area contributed by atoms with E-state index in [2.05, 4.69) is 31.0 Å². The predicted octanol–water partition coefficient (Wildman–Crippen LogP) is 4.75. The number of nitrogens with zero attached hydrogens (tertiary/aromatic N) is 1. The number of esters is 1. The molecule has 1 aromatic heterocycles. The van der Waals surface area contributed by atoms with Crippen LogP contribution < -0.4 is 10.0 Å². The number of nitrogens with one attached hydrogen (secondary N) is 2. The van der Waals surface area contributed by atoms with Crippen LogP contribution in [0.1, 0.15) is 10.4 Å². The SMILES string of the molecule is O=C(COC(=O)c1cc(S(=O)(=O)Nc2ccc(Br)cc2)ccc1Cl)Nc1ccc(Cl)cn1. The number of sulfonamides is 1. The van der Waals surface area contributed by atoms with Crippen molar-refractivity contribution in [2.45, 2.75) is 4.90 Å². The molecule has 0 radical (unpaired) electrons. The Hall–Kier alpha value is -2.66. The molecule has 3 aromatic rings. The summed E-state index contributed by atoms with van der Waals surface area (Å²) in [4.78, 5) is 28.1. The molecule has 3 rings (SSSR count). The van der Waals surface area contributed by atoms with Crippen LogP contribution in [0, 0.1) is 0 Å². The van der Waals surface area contributed by atoms with E-state index in [1.807, 2.05) is 0 Å². The first kappa shape index (κ1) is 24.0. The van der Waals surface area contributed by atoms with Gasteiger partial charge in [0.1, 0.15) is 5.82 Å². The van der Waals surface area contributed by atoms with Crippen molar-refractivity contribution in [2.75, 3.05) is 16.6 Å². The summed E-state index contributed by atoms with van der Waals surface area (Å²) >= 11 is 15.0. The Kier molecular flexibility index (Phi) is 7.73. The fraction of sp³-hybridized carbons (Fsp3) is 0.0500. The van der Waals surface area contributed by atoms with Gasteiger partial charge in [-0.3, -0.25) is 9.52 Å². The molecule has 0 atom stereocenters. The molecule has 1 amide bonds. The second-order valence-electron chi connectivity index (χ2n) is 6.24. The molecule has 32 heavy (non-hydrogen) atoms. The van der Waals surface area contributed by atoms with Gasteiger partial charge in [0.25, 0.3) is 15.9 Å². The van der Waals surface area contributed by atoms with Crippen molar-refractivity contribution in [1.82, 2.24) is 4.98 Å². The van der Waals surface area contributed by atoms with Crippen molar-refractivity contribution in [3.63, 3.8) is 0 Å². The number of carbonyl (C=O) groups excluding carboxylic acids is 2. The Morgan fingerprint density at radius 3 is 2.41 bits per heavy atom. The Morgan fingerprint density at radius 1 is 1.03 bits per heavy atom. The highest BCUT2D eigenvalue weighted by Gasteiger charge is 2.20. The zero-order valence-electron chi connectivity index (χ0n) is 16.0. The molecule has 1 heterocycles. The third kappa shape index (κ3) is 6.42. The van der Waals surface area contributed by atoms with Crippen molar-refractivity contribution >= 4 is 72.5 Å². The summed E-state index contributed by atoms with van der Waals surface area (Å²) < 4.78 is 33.5. The predicted molar refractivity (Wildman–Crippen MR) is 125 cm³/mol. The zero-order chi connectivity index (χ0) is 23.3. The molecule has 2 aromatic carbocycles. The van der Waals surface area contributed by atoms with Crippen LogP contribution in [0.2, 0.25) is 10.0 Å².